The van der Waals surface area contributed by atoms with Crippen LogP contribution in [-0.4, -0.2) is 4.98 Å². The van der Waals surface area contributed by atoms with Gasteiger partial charge in [-0.3, -0.25) is 4.98 Å². The Bertz CT molecular complexity index is 270. The molecule has 0 aliphatic carbocycles. The number of nitrogens with two attached hydrogens (primary N) is 2. The van der Waals surface area contributed by atoms with Crippen molar-refractivity contribution in [2.45, 2.75) is 18.7 Å². The smallest absolute Gasteiger partial charge is 0.0775 e. The highest BCUT2D eigenvalue weighted by atomic mass is 32.1. The van der Waals surface area contributed by atoms with E-state index in [1.807, 2.05) is 13.8 Å². The van der Waals surface area contributed by atoms with E-state index in [9.17, 15) is 0 Å². The Morgan fingerprint density at radius 2 is 1.64 bits per heavy atom. The first-order valence-corrected chi connectivity index (χ1v) is 3.70. The molecule has 0 fully saturated rings. The highest BCUT2D eigenvalue weighted by molar-refractivity contribution is 7.80. The van der Waals surface area contributed by atoms with Crippen molar-refractivity contribution < 1.29 is 0 Å². The van der Waals surface area contributed by atoms with Gasteiger partial charge in [0.2, 0.25) is 0 Å². The van der Waals surface area contributed by atoms with E-state index >= 15 is 0 Å². The number of anilines is 2. The number of nitrogens with zero attached hydrogens (tertiary/aromatic N) is 1. The zero-order chi connectivity index (χ0) is 8.59. The summed E-state index contributed by atoms with van der Waals surface area (Å²) in [6.07, 6.45) is 0. The zero-order valence-corrected chi connectivity index (χ0v) is 7.44. The molecule has 1 aromatic heterocycles. The van der Waals surface area contributed by atoms with Gasteiger partial charge in [-0.15, -0.1) is 12.6 Å². The summed E-state index contributed by atoms with van der Waals surface area (Å²) in [6, 6.07) is 0. The molecule has 4 heteroatoms. The maximum absolute atomic E-state index is 5.64. The summed E-state index contributed by atoms with van der Waals surface area (Å²) >= 11 is 4.16. The quantitative estimate of drug-likeness (QED) is 0.510. The minimum absolute atomic E-state index is 0.526. The molecule has 60 valence electrons. The average molecular weight is 169 g/mol. The second-order valence-electron chi connectivity index (χ2n) is 2.46. The SMILES string of the molecule is Cc1nc(C)c(S)c(N)c1N. The standard InChI is InChI=1S/C7H11N3S/c1-3-5(8)6(9)7(11)4(2)10-3/h11H,8H2,1-2H3,(H2,9,10). The molecule has 0 radical (unpaired) electrons. The molecule has 1 heterocycles. The molecule has 0 atom stereocenters. The number of nitrogen functional groups attached to an aromatic ring is 2. The van der Waals surface area contributed by atoms with Crippen LogP contribution in [0.3, 0.4) is 0 Å². The van der Waals surface area contributed by atoms with Crippen LogP contribution in [0.25, 0.3) is 0 Å². The van der Waals surface area contributed by atoms with E-state index in [1.165, 1.54) is 0 Å². The molecule has 0 unspecified atom stereocenters. The van der Waals surface area contributed by atoms with E-state index in [2.05, 4.69) is 17.6 Å². The van der Waals surface area contributed by atoms with Gasteiger partial charge in [0.25, 0.3) is 0 Å². The van der Waals surface area contributed by atoms with Crippen LogP contribution in [-0.2, 0) is 0 Å². The van der Waals surface area contributed by atoms with Crippen LogP contribution < -0.4 is 11.5 Å². The van der Waals surface area contributed by atoms with E-state index in [4.69, 9.17) is 11.5 Å². The summed E-state index contributed by atoms with van der Waals surface area (Å²) in [6.45, 7) is 3.68. The zero-order valence-electron chi connectivity index (χ0n) is 6.55. The van der Waals surface area contributed by atoms with Gasteiger partial charge < -0.3 is 11.5 Å². The second kappa shape index (κ2) is 2.62. The summed E-state index contributed by atoms with van der Waals surface area (Å²) in [4.78, 5) is 4.83. The molecule has 0 spiro atoms. The Kier molecular flexibility index (Phi) is 1.95. The van der Waals surface area contributed by atoms with Gasteiger partial charge >= 0.3 is 0 Å². The summed E-state index contributed by atoms with van der Waals surface area (Å²) in [5, 5.41) is 0. The van der Waals surface area contributed by atoms with Crippen molar-refractivity contribution in [1.29, 1.82) is 0 Å². The number of hydrogen-bond donors (Lipinski definition) is 3. The van der Waals surface area contributed by atoms with E-state index in [-0.39, 0.29) is 0 Å². The molecule has 0 aromatic carbocycles. The third-order valence-corrected chi connectivity index (χ3v) is 2.18. The summed E-state index contributed by atoms with van der Waals surface area (Å²) in [5.74, 6) is 0. The van der Waals surface area contributed by atoms with Crippen LogP contribution >= 0.6 is 12.6 Å². The van der Waals surface area contributed by atoms with Crippen molar-refractivity contribution in [1.82, 2.24) is 4.98 Å². The van der Waals surface area contributed by atoms with Gasteiger partial charge in [-0.2, -0.15) is 0 Å². The maximum atomic E-state index is 5.64. The predicted octanol–water partition coefficient (Wildman–Crippen LogP) is 1.15. The van der Waals surface area contributed by atoms with Gasteiger partial charge in [0.05, 0.1) is 27.7 Å². The first-order chi connectivity index (χ1) is 5.04. The second-order valence-corrected chi connectivity index (χ2v) is 2.91. The van der Waals surface area contributed by atoms with Crippen molar-refractivity contribution in [3.05, 3.63) is 11.4 Å². The third kappa shape index (κ3) is 1.26. The van der Waals surface area contributed by atoms with Crippen molar-refractivity contribution in [3.8, 4) is 0 Å². The Hall–Kier alpha value is -0.900. The van der Waals surface area contributed by atoms with Gasteiger partial charge in [-0.25, -0.2) is 0 Å². The number of pyridine rings is 1. The first kappa shape index (κ1) is 8.20. The van der Waals surface area contributed by atoms with Gasteiger partial charge in [-0.05, 0) is 13.8 Å². The predicted molar refractivity (Wildman–Crippen MR) is 49.8 cm³/mol. The number of hydrogen-bond acceptors (Lipinski definition) is 4. The number of aromatic nitrogens is 1. The van der Waals surface area contributed by atoms with Gasteiger partial charge in [0.15, 0.2) is 0 Å². The largest absolute Gasteiger partial charge is 0.396 e. The van der Waals surface area contributed by atoms with Crippen molar-refractivity contribution in [3.63, 3.8) is 0 Å². The van der Waals surface area contributed by atoms with Crippen LogP contribution in [0, 0.1) is 13.8 Å². The molecule has 0 aliphatic rings. The van der Waals surface area contributed by atoms with Gasteiger partial charge in [-0.1, -0.05) is 0 Å². The van der Waals surface area contributed by atoms with Crippen LogP contribution in [0.1, 0.15) is 11.4 Å². The Labute approximate surface area is 71.2 Å². The maximum Gasteiger partial charge on any atom is 0.0775 e. The number of rotatable bonds is 0. The van der Waals surface area contributed by atoms with Gasteiger partial charge in [0, 0.05) is 0 Å². The van der Waals surface area contributed by atoms with E-state index in [0.717, 1.165) is 11.4 Å². The van der Waals surface area contributed by atoms with E-state index < -0.39 is 0 Å². The minimum Gasteiger partial charge on any atom is -0.396 e. The first-order valence-electron chi connectivity index (χ1n) is 3.25. The molecule has 1 rings (SSSR count). The lowest BCUT2D eigenvalue weighted by molar-refractivity contribution is 1.07. The summed E-state index contributed by atoms with van der Waals surface area (Å²) < 4.78 is 0. The normalized spacial score (nSPS) is 10.1. The molecule has 4 N–H and O–H groups in total. The molecular formula is C7H11N3S. The fraction of sp³-hybridized carbons (Fsp3) is 0.286. The van der Waals surface area contributed by atoms with Gasteiger partial charge in [0.1, 0.15) is 0 Å². The van der Waals surface area contributed by atoms with E-state index in [0.29, 0.717) is 16.3 Å². The average Bonchev–Trinajstić information content (AvgIpc) is 1.97. The number of aryl methyl sites for hydroxylation is 2. The van der Waals surface area contributed by atoms with Crippen LogP contribution in [0.4, 0.5) is 11.4 Å². The lowest BCUT2D eigenvalue weighted by Gasteiger charge is -2.08. The molecule has 0 aliphatic heterocycles. The van der Waals surface area contributed by atoms with Crippen molar-refractivity contribution in [2.75, 3.05) is 11.5 Å². The number of thiol groups is 1. The summed E-state index contributed by atoms with van der Waals surface area (Å²) in [7, 11) is 0. The molecule has 0 saturated heterocycles. The van der Waals surface area contributed by atoms with Crippen molar-refractivity contribution in [2.24, 2.45) is 0 Å². The minimum atomic E-state index is 0.526. The highest BCUT2D eigenvalue weighted by Crippen LogP contribution is 2.27. The molecule has 0 bridgehead atoms. The highest BCUT2D eigenvalue weighted by Gasteiger charge is 2.06. The third-order valence-electron chi connectivity index (χ3n) is 1.61. The molecule has 0 saturated carbocycles. The molecule has 3 nitrogen and oxygen atoms in total. The molecule has 1 aromatic rings. The van der Waals surface area contributed by atoms with Crippen LogP contribution in [0.15, 0.2) is 4.90 Å². The Morgan fingerprint density at radius 1 is 1.09 bits per heavy atom. The Morgan fingerprint density at radius 3 is 2.18 bits per heavy atom. The van der Waals surface area contributed by atoms with Crippen molar-refractivity contribution >= 4 is 24.0 Å². The van der Waals surface area contributed by atoms with Crippen LogP contribution in [0.5, 0.6) is 0 Å². The Balaban J connectivity index is 3.46. The lowest BCUT2D eigenvalue weighted by Crippen LogP contribution is -2.02. The topological polar surface area (TPSA) is 64.9 Å². The molecule has 0 amide bonds. The molecule has 11 heavy (non-hydrogen) atoms. The molecular weight excluding hydrogens is 158 g/mol. The fourth-order valence-electron chi connectivity index (χ4n) is 0.882. The van der Waals surface area contributed by atoms with E-state index in [1.54, 1.807) is 0 Å². The summed E-state index contributed by atoms with van der Waals surface area (Å²) in [5.41, 5.74) is 13.9. The van der Waals surface area contributed by atoms with Crippen LogP contribution in [0.2, 0.25) is 0 Å². The lowest BCUT2D eigenvalue weighted by atomic mass is 10.2. The monoisotopic (exact) mass is 169 g/mol. The fourth-order valence-corrected chi connectivity index (χ4v) is 1.05.